The van der Waals surface area contributed by atoms with Gasteiger partial charge in [0, 0.05) is 36.3 Å². The van der Waals surface area contributed by atoms with E-state index in [1.807, 2.05) is 0 Å². The van der Waals surface area contributed by atoms with Crippen LogP contribution in [0.15, 0.2) is 30.6 Å². The Morgan fingerprint density at radius 3 is 2.73 bits per heavy atom. The number of fused-ring (bicyclic) bond motifs is 2. The molecule has 0 saturated carbocycles. The van der Waals surface area contributed by atoms with Crippen molar-refractivity contribution >= 4 is 11.5 Å². The lowest BCUT2D eigenvalue weighted by molar-refractivity contribution is 0.664. The molecule has 1 aliphatic heterocycles. The Bertz CT molecular complexity index is 928. The van der Waals surface area contributed by atoms with Crippen LogP contribution in [0.2, 0.25) is 0 Å². The van der Waals surface area contributed by atoms with Gasteiger partial charge in [0.1, 0.15) is 23.8 Å². The van der Waals surface area contributed by atoms with E-state index in [0.717, 1.165) is 55.4 Å². The zero-order chi connectivity index (χ0) is 17.3. The van der Waals surface area contributed by atoms with Crippen molar-refractivity contribution in [1.29, 1.82) is 0 Å². The highest BCUT2D eigenvalue weighted by Gasteiger charge is 2.18. The number of nitrogens with one attached hydrogen (secondary N) is 1. The summed E-state index contributed by atoms with van der Waals surface area (Å²) < 4.78 is 2.26. The van der Waals surface area contributed by atoms with Crippen LogP contribution in [0.1, 0.15) is 47.7 Å². The summed E-state index contributed by atoms with van der Waals surface area (Å²) in [6.45, 7) is 1.05. The van der Waals surface area contributed by atoms with Crippen molar-refractivity contribution in [1.82, 2.24) is 24.7 Å². The van der Waals surface area contributed by atoms with Gasteiger partial charge in [0.25, 0.3) is 0 Å². The minimum Gasteiger partial charge on any atom is -0.340 e. The van der Waals surface area contributed by atoms with Crippen molar-refractivity contribution in [2.45, 2.75) is 51.5 Å². The largest absolute Gasteiger partial charge is 0.340 e. The summed E-state index contributed by atoms with van der Waals surface area (Å²) in [5.74, 6) is 3.16. The van der Waals surface area contributed by atoms with Crippen molar-refractivity contribution in [3.63, 3.8) is 0 Å². The van der Waals surface area contributed by atoms with Crippen molar-refractivity contribution in [2.24, 2.45) is 0 Å². The Labute approximate surface area is 152 Å². The van der Waals surface area contributed by atoms with Crippen LogP contribution in [-0.2, 0) is 32.2 Å². The molecule has 3 aromatic rings. The van der Waals surface area contributed by atoms with E-state index >= 15 is 0 Å². The number of nitrogens with zero attached hydrogens (tertiary/aromatic N) is 5. The first kappa shape index (κ1) is 15.5. The van der Waals surface area contributed by atoms with Gasteiger partial charge in [-0.1, -0.05) is 12.1 Å². The highest BCUT2D eigenvalue weighted by molar-refractivity contribution is 5.60. The second-order valence-electron chi connectivity index (χ2n) is 7.14. The van der Waals surface area contributed by atoms with E-state index in [1.165, 1.54) is 36.1 Å². The molecule has 1 aromatic carbocycles. The first-order valence-electron chi connectivity index (χ1n) is 9.46. The third kappa shape index (κ3) is 2.85. The van der Waals surface area contributed by atoms with E-state index in [1.54, 1.807) is 6.33 Å². The normalized spacial score (nSPS) is 15.5. The van der Waals surface area contributed by atoms with Gasteiger partial charge in [-0.05, 0) is 49.8 Å². The lowest BCUT2D eigenvalue weighted by Gasteiger charge is -2.18. The number of aryl methyl sites for hydroxylation is 2. The zero-order valence-electron chi connectivity index (χ0n) is 14.8. The third-order valence-corrected chi connectivity index (χ3v) is 5.39. The predicted octanol–water partition coefficient (Wildman–Crippen LogP) is 3.23. The topological polar surface area (TPSA) is 68.5 Å². The minimum atomic E-state index is 0.830. The van der Waals surface area contributed by atoms with Gasteiger partial charge < -0.3 is 9.88 Å². The maximum atomic E-state index is 4.47. The monoisotopic (exact) mass is 346 g/mol. The quantitative estimate of drug-likeness (QED) is 0.785. The van der Waals surface area contributed by atoms with Crippen LogP contribution in [0.25, 0.3) is 0 Å². The second-order valence-corrected chi connectivity index (χ2v) is 7.14. The molecule has 132 valence electrons. The molecule has 2 aromatic heterocycles. The predicted molar refractivity (Wildman–Crippen MR) is 99.5 cm³/mol. The van der Waals surface area contributed by atoms with Crippen molar-refractivity contribution < 1.29 is 0 Å². The Balaban J connectivity index is 1.33. The molecule has 0 radical (unpaired) electrons. The van der Waals surface area contributed by atoms with Crippen molar-refractivity contribution in [3.05, 3.63) is 59.1 Å². The van der Waals surface area contributed by atoms with Gasteiger partial charge in [0.05, 0.1) is 0 Å². The van der Waals surface area contributed by atoms with Crippen LogP contribution in [0.3, 0.4) is 0 Å². The summed E-state index contributed by atoms with van der Waals surface area (Å²) in [6.07, 6.45) is 9.32. The Morgan fingerprint density at radius 1 is 0.923 bits per heavy atom. The number of anilines is 2. The molecule has 0 bridgehead atoms. The standard InChI is InChI=1S/C20H22N6/c1-2-5-17-16(4-1)20(22-13-21-17)23-15-9-7-14(8-10-15)12-19-25-24-18-6-3-11-26(18)19/h7-10,13H,1-6,11-12H2,(H,21,22,23). The van der Waals surface area contributed by atoms with Crippen LogP contribution in [0, 0.1) is 0 Å². The molecule has 0 spiro atoms. The van der Waals surface area contributed by atoms with Crippen LogP contribution >= 0.6 is 0 Å². The molecular formula is C20H22N6. The van der Waals surface area contributed by atoms with Gasteiger partial charge in [-0.2, -0.15) is 0 Å². The summed E-state index contributed by atoms with van der Waals surface area (Å²) in [5, 5.41) is 12.1. The van der Waals surface area contributed by atoms with Gasteiger partial charge in [0.15, 0.2) is 0 Å². The fourth-order valence-corrected chi connectivity index (χ4v) is 4.00. The summed E-state index contributed by atoms with van der Waals surface area (Å²) in [4.78, 5) is 8.91. The van der Waals surface area contributed by atoms with E-state index in [0.29, 0.717) is 0 Å². The maximum absolute atomic E-state index is 4.47. The Morgan fingerprint density at radius 2 is 1.81 bits per heavy atom. The molecule has 1 aliphatic carbocycles. The summed E-state index contributed by atoms with van der Waals surface area (Å²) in [6, 6.07) is 8.56. The third-order valence-electron chi connectivity index (χ3n) is 5.39. The molecule has 26 heavy (non-hydrogen) atoms. The Hall–Kier alpha value is -2.76. The van der Waals surface area contributed by atoms with Crippen molar-refractivity contribution in [3.8, 4) is 0 Å². The van der Waals surface area contributed by atoms with Crippen LogP contribution in [0.4, 0.5) is 11.5 Å². The minimum absolute atomic E-state index is 0.830. The maximum Gasteiger partial charge on any atom is 0.137 e. The molecular weight excluding hydrogens is 324 g/mol. The number of hydrogen-bond donors (Lipinski definition) is 1. The van der Waals surface area contributed by atoms with Crippen LogP contribution in [-0.4, -0.2) is 24.7 Å². The molecule has 3 heterocycles. The van der Waals surface area contributed by atoms with Crippen LogP contribution < -0.4 is 5.32 Å². The lowest BCUT2D eigenvalue weighted by Crippen LogP contribution is -2.10. The number of aromatic nitrogens is 5. The van der Waals surface area contributed by atoms with Gasteiger partial charge in [0.2, 0.25) is 0 Å². The molecule has 2 aliphatic rings. The average molecular weight is 346 g/mol. The molecule has 6 heteroatoms. The molecule has 6 nitrogen and oxygen atoms in total. The average Bonchev–Trinajstić information content (AvgIpc) is 3.29. The molecule has 5 rings (SSSR count). The molecule has 0 unspecified atom stereocenters. The number of benzene rings is 1. The first-order valence-corrected chi connectivity index (χ1v) is 9.46. The second kappa shape index (κ2) is 6.52. The molecule has 0 fully saturated rings. The first-order chi connectivity index (χ1) is 12.9. The van der Waals surface area contributed by atoms with E-state index < -0.39 is 0 Å². The van der Waals surface area contributed by atoms with Gasteiger partial charge in [-0.15, -0.1) is 10.2 Å². The highest BCUT2D eigenvalue weighted by atomic mass is 15.3. The van der Waals surface area contributed by atoms with E-state index in [9.17, 15) is 0 Å². The van der Waals surface area contributed by atoms with Gasteiger partial charge in [-0.25, -0.2) is 9.97 Å². The molecule has 0 saturated heterocycles. The van der Waals surface area contributed by atoms with Crippen LogP contribution in [0.5, 0.6) is 0 Å². The van der Waals surface area contributed by atoms with E-state index in [2.05, 4.69) is 54.3 Å². The summed E-state index contributed by atoms with van der Waals surface area (Å²) in [7, 11) is 0. The van der Waals surface area contributed by atoms with Gasteiger partial charge in [-0.3, -0.25) is 0 Å². The van der Waals surface area contributed by atoms with E-state index in [-0.39, 0.29) is 0 Å². The lowest BCUT2D eigenvalue weighted by atomic mass is 9.96. The number of hydrogen-bond acceptors (Lipinski definition) is 5. The van der Waals surface area contributed by atoms with Gasteiger partial charge >= 0.3 is 0 Å². The highest BCUT2D eigenvalue weighted by Crippen LogP contribution is 2.27. The molecule has 0 amide bonds. The Kier molecular flexibility index (Phi) is 3.88. The smallest absolute Gasteiger partial charge is 0.137 e. The van der Waals surface area contributed by atoms with E-state index in [4.69, 9.17) is 0 Å². The SMILES string of the molecule is c1nc2c(c(Nc3ccc(Cc4nnc5n4CCC5)cc3)n1)CCCC2. The number of rotatable bonds is 4. The molecule has 0 atom stereocenters. The fraction of sp³-hybridized carbons (Fsp3) is 0.400. The van der Waals surface area contributed by atoms with Crippen molar-refractivity contribution in [2.75, 3.05) is 5.32 Å². The zero-order valence-corrected chi connectivity index (χ0v) is 14.8. The molecule has 1 N–H and O–H groups in total. The fourth-order valence-electron chi connectivity index (χ4n) is 4.00. The summed E-state index contributed by atoms with van der Waals surface area (Å²) in [5.41, 5.74) is 4.79. The summed E-state index contributed by atoms with van der Waals surface area (Å²) >= 11 is 0.